The van der Waals surface area contributed by atoms with E-state index in [0.29, 0.717) is 6.42 Å². The number of amides is 1. The van der Waals surface area contributed by atoms with Crippen LogP contribution in [-0.2, 0) is 14.4 Å². The van der Waals surface area contributed by atoms with Gasteiger partial charge in [0.1, 0.15) is 5.60 Å². The third-order valence-corrected chi connectivity index (χ3v) is 1.64. The highest BCUT2D eigenvalue weighted by molar-refractivity contribution is 5.73. The molecular formula is C11H21NO5. The number of carbonyl (C=O) groups is 2. The molecule has 0 radical (unpaired) electrons. The van der Waals surface area contributed by atoms with Gasteiger partial charge in [-0.2, -0.15) is 5.48 Å². The molecule has 0 spiro atoms. The summed E-state index contributed by atoms with van der Waals surface area (Å²) in [6.07, 6.45) is -1.56. The molecule has 0 fully saturated rings. The first-order chi connectivity index (χ1) is 7.61. The first-order valence-corrected chi connectivity index (χ1v) is 5.49. The molecule has 17 heavy (non-hydrogen) atoms. The normalized spacial score (nSPS) is 13.3. The van der Waals surface area contributed by atoms with Gasteiger partial charge in [-0.1, -0.05) is 13.8 Å². The molecule has 1 amide bonds. The van der Waals surface area contributed by atoms with E-state index in [2.05, 4.69) is 0 Å². The summed E-state index contributed by atoms with van der Waals surface area (Å²) in [5.74, 6) is -0.966. The van der Waals surface area contributed by atoms with E-state index in [-0.39, 0.29) is 5.92 Å². The fraction of sp³-hybridized carbons (Fsp3) is 0.818. The summed E-state index contributed by atoms with van der Waals surface area (Å²) in [4.78, 5) is 26.8. The summed E-state index contributed by atoms with van der Waals surface area (Å²) < 4.78 is 4.90. The van der Waals surface area contributed by atoms with Gasteiger partial charge in [0.25, 0.3) is 0 Å². The van der Waals surface area contributed by atoms with Gasteiger partial charge in [0.2, 0.25) is 0 Å². The lowest BCUT2D eigenvalue weighted by Crippen LogP contribution is -2.38. The van der Waals surface area contributed by atoms with Crippen LogP contribution in [0, 0.1) is 5.92 Å². The SMILES string of the molecule is CC(C)CC(ONC(=O)OC(C)(C)C)C(=O)O. The van der Waals surface area contributed by atoms with E-state index in [1.807, 2.05) is 19.3 Å². The van der Waals surface area contributed by atoms with Gasteiger partial charge in [-0.25, -0.2) is 9.59 Å². The van der Waals surface area contributed by atoms with E-state index in [1.165, 1.54) is 0 Å². The van der Waals surface area contributed by atoms with Crippen LogP contribution in [0.1, 0.15) is 41.0 Å². The topological polar surface area (TPSA) is 84.9 Å². The number of hydroxylamine groups is 1. The van der Waals surface area contributed by atoms with Crippen molar-refractivity contribution in [2.24, 2.45) is 5.92 Å². The Morgan fingerprint density at radius 1 is 1.29 bits per heavy atom. The minimum absolute atomic E-state index is 0.150. The second-order valence-corrected chi connectivity index (χ2v) is 5.18. The van der Waals surface area contributed by atoms with Crippen LogP contribution in [0.3, 0.4) is 0 Å². The summed E-state index contributed by atoms with van der Waals surface area (Å²) in [6.45, 7) is 8.85. The van der Waals surface area contributed by atoms with Crippen molar-refractivity contribution in [1.82, 2.24) is 5.48 Å². The average molecular weight is 247 g/mol. The van der Waals surface area contributed by atoms with Crippen LogP contribution >= 0.6 is 0 Å². The Bertz CT molecular complexity index is 270. The van der Waals surface area contributed by atoms with Gasteiger partial charge in [0.05, 0.1) is 0 Å². The van der Waals surface area contributed by atoms with Crippen molar-refractivity contribution < 1.29 is 24.3 Å². The van der Waals surface area contributed by atoms with E-state index >= 15 is 0 Å². The maximum absolute atomic E-state index is 11.2. The van der Waals surface area contributed by atoms with Crippen molar-refractivity contribution in [3.63, 3.8) is 0 Å². The number of carbonyl (C=O) groups excluding carboxylic acids is 1. The third-order valence-electron chi connectivity index (χ3n) is 1.64. The van der Waals surface area contributed by atoms with E-state index in [1.54, 1.807) is 20.8 Å². The number of carboxylic acids is 1. The van der Waals surface area contributed by atoms with Crippen LogP contribution in [0.25, 0.3) is 0 Å². The highest BCUT2D eigenvalue weighted by Gasteiger charge is 2.23. The molecule has 1 atom stereocenters. The maximum Gasteiger partial charge on any atom is 0.431 e. The minimum Gasteiger partial charge on any atom is -0.479 e. The Hall–Kier alpha value is -1.30. The number of hydrogen-bond acceptors (Lipinski definition) is 4. The molecule has 0 heterocycles. The largest absolute Gasteiger partial charge is 0.479 e. The molecule has 6 nitrogen and oxygen atoms in total. The van der Waals surface area contributed by atoms with Crippen LogP contribution in [0.5, 0.6) is 0 Å². The predicted octanol–water partition coefficient (Wildman–Crippen LogP) is 1.94. The standard InChI is InChI=1S/C11H21NO5/c1-7(2)6-8(9(13)14)17-12-10(15)16-11(3,4)5/h7-8H,6H2,1-5H3,(H,12,15)(H,13,14). The molecule has 100 valence electrons. The van der Waals surface area contributed by atoms with Gasteiger partial charge >= 0.3 is 12.1 Å². The number of aliphatic carboxylic acids is 1. The first kappa shape index (κ1) is 15.7. The van der Waals surface area contributed by atoms with Gasteiger partial charge in [-0.3, -0.25) is 4.84 Å². The van der Waals surface area contributed by atoms with Crippen molar-refractivity contribution in [3.05, 3.63) is 0 Å². The van der Waals surface area contributed by atoms with Crippen molar-refractivity contribution in [2.45, 2.75) is 52.7 Å². The zero-order chi connectivity index (χ0) is 13.6. The second-order valence-electron chi connectivity index (χ2n) is 5.18. The average Bonchev–Trinajstić information content (AvgIpc) is 2.08. The Kier molecular flexibility index (Phi) is 5.95. The minimum atomic E-state index is -1.12. The third kappa shape index (κ3) is 8.50. The van der Waals surface area contributed by atoms with Gasteiger partial charge in [-0.15, -0.1) is 0 Å². The van der Waals surface area contributed by atoms with Gasteiger partial charge in [0.15, 0.2) is 6.10 Å². The van der Waals surface area contributed by atoms with Gasteiger partial charge < -0.3 is 9.84 Å². The monoisotopic (exact) mass is 247 g/mol. The quantitative estimate of drug-likeness (QED) is 0.725. The van der Waals surface area contributed by atoms with Crippen LogP contribution in [-0.4, -0.2) is 28.9 Å². The lowest BCUT2D eigenvalue weighted by molar-refractivity contribution is -0.156. The fourth-order valence-corrected chi connectivity index (χ4v) is 1.05. The number of nitrogens with one attached hydrogen (secondary N) is 1. The van der Waals surface area contributed by atoms with Crippen molar-refractivity contribution in [1.29, 1.82) is 0 Å². The molecule has 6 heteroatoms. The molecule has 0 aliphatic rings. The smallest absolute Gasteiger partial charge is 0.431 e. The zero-order valence-corrected chi connectivity index (χ0v) is 10.9. The number of ether oxygens (including phenoxy) is 1. The number of hydrogen-bond donors (Lipinski definition) is 2. The molecule has 0 bridgehead atoms. The molecule has 1 unspecified atom stereocenters. The molecule has 0 aromatic heterocycles. The molecule has 0 aromatic carbocycles. The molecular weight excluding hydrogens is 226 g/mol. The predicted molar refractivity (Wildman–Crippen MR) is 61.3 cm³/mol. The summed E-state index contributed by atoms with van der Waals surface area (Å²) in [5, 5.41) is 8.85. The first-order valence-electron chi connectivity index (χ1n) is 5.49. The van der Waals surface area contributed by atoms with Crippen LogP contribution in [0.4, 0.5) is 4.79 Å². The summed E-state index contributed by atoms with van der Waals surface area (Å²) in [5.41, 5.74) is 1.34. The van der Waals surface area contributed by atoms with E-state index in [0.717, 1.165) is 0 Å². The molecule has 2 N–H and O–H groups in total. The van der Waals surface area contributed by atoms with Crippen molar-refractivity contribution in [2.75, 3.05) is 0 Å². The van der Waals surface area contributed by atoms with Crippen LogP contribution in [0.15, 0.2) is 0 Å². The lowest BCUT2D eigenvalue weighted by Gasteiger charge is -2.21. The molecule has 0 aliphatic carbocycles. The Morgan fingerprint density at radius 3 is 2.18 bits per heavy atom. The Morgan fingerprint density at radius 2 is 1.82 bits per heavy atom. The number of rotatable bonds is 5. The highest BCUT2D eigenvalue weighted by Crippen LogP contribution is 2.09. The Balaban J connectivity index is 4.13. The molecule has 0 rings (SSSR count). The Labute approximate surface area is 101 Å². The fourth-order valence-electron chi connectivity index (χ4n) is 1.05. The van der Waals surface area contributed by atoms with Gasteiger partial charge in [0, 0.05) is 0 Å². The molecule has 0 saturated carbocycles. The van der Waals surface area contributed by atoms with Gasteiger partial charge in [-0.05, 0) is 33.1 Å². The zero-order valence-electron chi connectivity index (χ0n) is 10.9. The molecule has 0 aliphatic heterocycles. The van der Waals surface area contributed by atoms with Crippen molar-refractivity contribution >= 4 is 12.1 Å². The molecule has 0 aromatic rings. The highest BCUT2D eigenvalue weighted by atomic mass is 16.7. The van der Waals surface area contributed by atoms with E-state index < -0.39 is 23.8 Å². The second kappa shape index (κ2) is 6.44. The van der Waals surface area contributed by atoms with E-state index in [4.69, 9.17) is 14.7 Å². The summed E-state index contributed by atoms with van der Waals surface area (Å²) in [7, 11) is 0. The van der Waals surface area contributed by atoms with Crippen molar-refractivity contribution in [3.8, 4) is 0 Å². The lowest BCUT2D eigenvalue weighted by atomic mass is 10.1. The molecule has 0 saturated heterocycles. The maximum atomic E-state index is 11.2. The summed E-state index contributed by atoms with van der Waals surface area (Å²) in [6, 6.07) is 0. The van der Waals surface area contributed by atoms with Crippen LogP contribution < -0.4 is 5.48 Å². The summed E-state index contributed by atoms with van der Waals surface area (Å²) >= 11 is 0. The number of carboxylic acid groups (broad SMARTS) is 1. The van der Waals surface area contributed by atoms with E-state index in [9.17, 15) is 9.59 Å². The van der Waals surface area contributed by atoms with Crippen LogP contribution in [0.2, 0.25) is 0 Å².